The molecule has 59 heavy (non-hydrogen) atoms. The third-order valence-electron chi connectivity index (χ3n) is 11.2. The van der Waals surface area contributed by atoms with Gasteiger partial charge in [-0.2, -0.15) is 11.3 Å². The van der Waals surface area contributed by atoms with Gasteiger partial charge in [0.25, 0.3) is 0 Å². The molecule has 5 N–H and O–H groups in total. The lowest BCUT2D eigenvalue weighted by molar-refractivity contribution is -0.116. The molecule has 0 saturated carbocycles. The number of hydrogen-bond donors (Lipinski definition) is 5. The number of rotatable bonds is 15. The molecule has 1 fully saturated rings. The Kier molecular flexibility index (Phi) is 14.2. The van der Waals surface area contributed by atoms with E-state index in [0.717, 1.165) is 22.3 Å². The van der Waals surface area contributed by atoms with Crippen LogP contribution >= 0.6 is 22.9 Å². The molecular formula is C44H54ClN5O7SSi. The monoisotopic (exact) mass is 859 g/mol. The van der Waals surface area contributed by atoms with Crippen molar-refractivity contribution in [1.29, 1.82) is 0 Å². The van der Waals surface area contributed by atoms with Crippen LogP contribution in [0.4, 0.5) is 16.2 Å². The molecule has 15 heteroatoms. The number of piperidine rings is 1. The number of H-pyrrole nitrogens is 1. The number of hydrogen-bond acceptors (Lipinski definition) is 10. The number of ether oxygens (including phenoxy) is 2. The average molecular weight is 861 g/mol. The average Bonchev–Trinajstić information content (AvgIpc) is 3.73. The summed E-state index contributed by atoms with van der Waals surface area (Å²) < 4.78 is 18.4. The number of fused-ring (bicyclic) bond motifs is 1. The second-order valence-electron chi connectivity index (χ2n) is 16.4. The molecule has 314 valence electrons. The van der Waals surface area contributed by atoms with Gasteiger partial charge in [0.1, 0.15) is 17.6 Å². The van der Waals surface area contributed by atoms with Crippen LogP contribution in [-0.4, -0.2) is 74.7 Å². The van der Waals surface area contributed by atoms with Gasteiger partial charge >= 0.3 is 6.09 Å². The van der Waals surface area contributed by atoms with Crippen molar-refractivity contribution in [1.82, 2.24) is 15.2 Å². The van der Waals surface area contributed by atoms with Crippen LogP contribution in [0, 0.1) is 0 Å². The minimum atomic E-state index is -2.27. The van der Waals surface area contributed by atoms with Crippen LogP contribution in [0.25, 0.3) is 22.0 Å². The first kappa shape index (κ1) is 43.9. The first-order valence-electron chi connectivity index (χ1n) is 19.8. The molecule has 3 heterocycles. The number of carbonyl (C=O) groups excluding carboxylic acids is 2. The second kappa shape index (κ2) is 19.1. The van der Waals surface area contributed by atoms with E-state index in [-0.39, 0.29) is 34.8 Å². The number of pyridine rings is 1. The molecule has 3 aromatic carbocycles. The topological polar surface area (TPSA) is 154 Å². The molecule has 1 aliphatic rings. The van der Waals surface area contributed by atoms with E-state index in [1.807, 2.05) is 47.2 Å². The number of para-hydroxylation sites is 1. The van der Waals surface area contributed by atoms with E-state index >= 15 is 0 Å². The maximum Gasteiger partial charge on any atom is 0.411 e. The number of aromatic hydroxyl groups is 1. The number of likely N-dealkylation sites (tertiary alicyclic amines) is 1. The summed E-state index contributed by atoms with van der Waals surface area (Å²) >= 11 is 8.34. The predicted molar refractivity (Wildman–Crippen MR) is 240 cm³/mol. The molecule has 0 bridgehead atoms. The molecular weight excluding hydrogens is 806 g/mol. The number of anilines is 2. The van der Waals surface area contributed by atoms with Crippen molar-refractivity contribution in [3.8, 4) is 22.6 Å². The van der Waals surface area contributed by atoms with Gasteiger partial charge in [0, 0.05) is 67.8 Å². The van der Waals surface area contributed by atoms with E-state index < -0.39 is 20.5 Å². The molecule has 1 atom stereocenters. The molecule has 2 amide bonds. The Balaban J connectivity index is 1.01. The molecule has 12 nitrogen and oxygen atoms in total. The number of phenols is 1. The van der Waals surface area contributed by atoms with Crippen molar-refractivity contribution in [3.05, 3.63) is 104 Å². The number of nitrogens with one attached hydrogen (secondary N) is 4. The highest BCUT2D eigenvalue weighted by atomic mass is 35.5. The fourth-order valence-corrected chi connectivity index (χ4v) is 9.08. The zero-order chi connectivity index (χ0) is 42.3. The summed E-state index contributed by atoms with van der Waals surface area (Å²) in [5.74, 6) is 0.385. The number of aromatic amines is 1. The molecule has 1 saturated heterocycles. The van der Waals surface area contributed by atoms with Crippen molar-refractivity contribution in [2.45, 2.75) is 76.9 Å². The number of nitrogens with zero attached hydrogens (tertiary/aromatic N) is 1. The van der Waals surface area contributed by atoms with Crippen molar-refractivity contribution < 1.29 is 28.6 Å². The summed E-state index contributed by atoms with van der Waals surface area (Å²) in [5, 5.41) is 25.0. The standard InChI is InChI=1S/C44H54ClN5O7SSi/c1-44(2,3)59(5,6)57-39(32-11-13-37(51)42-33(32)12-14-40(52)49-42)26-46-25-29-23-34(45)36(24-38(29)55-4)47-41(53)17-21-50-19-15-30(16-20-50)56-43(54)48-35-10-8-7-9-31(35)28-18-22-58-27-28/h7-14,18,22-24,27,30,39,46,51H,15-17,19-21,25-26H2,1-6H3,(H,47,53)(H,48,54)(H,49,52)/t39-/m0/s1. The number of amides is 2. The van der Waals surface area contributed by atoms with Crippen LogP contribution in [-0.2, 0) is 20.5 Å². The van der Waals surface area contributed by atoms with Gasteiger partial charge in [-0.1, -0.05) is 56.6 Å². The number of benzene rings is 3. The van der Waals surface area contributed by atoms with Crippen LogP contribution in [0.1, 0.15) is 57.3 Å². The van der Waals surface area contributed by atoms with Crippen LogP contribution in [0.2, 0.25) is 23.2 Å². The molecule has 0 aliphatic carbocycles. The van der Waals surface area contributed by atoms with Crippen molar-refractivity contribution in [3.63, 3.8) is 0 Å². The smallest absolute Gasteiger partial charge is 0.411 e. The van der Waals surface area contributed by atoms with E-state index in [4.69, 9.17) is 25.5 Å². The van der Waals surface area contributed by atoms with Gasteiger partial charge in [-0.15, -0.1) is 0 Å². The zero-order valence-corrected chi connectivity index (χ0v) is 37.0. The fraction of sp³-hybridized carbons (Fsp3) is 0.386. The maximum atomic E-state index is 13.1. The van der Waals surface area contributed by atoms with E-state index in [1.165, 1.54) is 6.07 Å². The van der Waals surface area contributed by atoms with Gasteiger partial charge in [0.2, 0.25) is 11.5 Å². The van der Waals surface area contributed by atoms with Gasteiger partial charge in [-0.05, 0) is 83.2 Å². The minimum Gasteiger partial charge on any atom is -0.506 e. The van der Waals surface area contributed by atoms with Gasteiger partial charge in [-0.3, -0.25) is 14.9 Å². The third kappa shape index (κ3) is 11.1. The molecule has 6 rings (SSSR count). The maximum absolute atomic E-state index is 13.1. The van der Waals surface area contributed by atoms with Crippen LogP contribution < -0.4 is 26.2 Å². The molecule has 5 aromatic rings. The van der Waals surface area contributed by atoms with Crippen molar-refractivity contribution in [2.75, 3.05) is 43.9 Å². The normalized spacial score (nSPS) is 14.6. The Morgan fingerprint density at radius 1 is 1.03 bits per heavy atom. The number of methoxy groups -OCH3 is 1. The fourth-order valence-electron chi connectivity index (χ4n) is 6.92. The lowest BCUT2D eigenvalue weighted by Gasteiger charge is -2.39. The molecule has 0 spiro atoms. The first-order valence-corrected chi connectivity index (χ1v) is 24.1. The summed E-state index contributed by atoms with van der Waals surface area (Å²) in [5.41, 5.74) is 4.88. The summed E-state index contributed by atoms with van der Waals surface area (Å²) in [4.78, 5) is 43.0. The van der Waals surface area contributed by atoms with Crippen molar-refractivity contribution in [2.24, 2.45) is 0 Å². The quantitative estimate of drug-likeness (QED) is 0.0648. The highest BCUT2D eigenvalue weighted by Gasteiger charge is 2.40. The summed E-state index contributed by atoms with van der Waals surface area (Å²) in [6.07, 6.45) is 0.546. The van der Waals surface area contributed by atoms with Crippen LogP contribution in [0.5, 0.6) is 11.5 Å². The second-order valence-corrected chi connectivity index (χ2v) is 22.3. The summed E-state index contributed by atoms with van der Waals surface area (Å²) in [6.45, 7) is 13.7. The lowest BCUT2D eigenvalue weighted by atomic mass is 10.0. The van der Waals surface area contributed by atoms with Crippen LogP contribution in [0.15, 0.2) is 82.3 Å². The minimum absolute atomic E-state index is 0.00639. The largest absolute Gasteiger partial charge is 0.506 e. The van der Waals surface area contributed by atoms with Gasteiger partial charge < -0.3 is 39.5 Å². The number of thiophene rings is 1. The Morgan fingerprint density at radius 2 is 1.80 bits per heavy atom. The Bertz CT molecular complexity index is 2310. The zero-order valence-electron chi connectivity index (χ0n) is 34.4. The van der Waals surface area contributed by atoms with Crippen molar-refractivity contribution >= 4 is 65.5 Å². The Morgan fingerprint density at radius 3 is 2.51 bits per heavy atom. The highest BCUT2D eigenvalue weighted by Crippen LogP contribution is 2.41. The van der Waals surface area contributed by atoms with E-state index in [0.29, 0.717) is 78.6 Å². The van der Waals surface area contributed by atoms with E-state index in [1.54, 1.807) is 42.7 Å². The lowest BCUT2D eigenvalue weighted by Crippen LogP contribution is -2.43. The first-order chi connectivity index (χ1) is 28.1. The molecule has 0 unspecified atom stereocenters. The third-order valence-corrected chi connectivity index (χ3v) is 16.7. The summed E-state index contributed by atoms with van der Waals surface area (Å²) in [6, 6.07) is 19.8. The Labute approximate surface area is 355 Å². The number of carbonyl (C=O) groups is 2. The number of aromatic nitrogens is 1. The Hall–Kier alpha value is -4.70. The van der Waals surface area contributed by atoms with E-state index in [9.17, 15) is 19.5 Å². The number of phenolic OH excluding ortho intramolecular Hbond substituents is 1. The van der Waals surface area contributed by atoms with Gasteiger partial charge in [-0.25, -0.2) is 4.79 Å². The molecule has 1 aliphatic heterocycles. The van der Waals surface area contributed by atoms with E-state index in [2.05, 4.69) is 59.7 Å². The highest BCUT2D eigenvalue weighted by molar-refractivity contribution is 7.08. The number of halogens is 1. The molecule has 2 aromatic heterocycles. The van der Waals surface area contributed by atoms with Gasteiger partial charge in [0.05, 0.1) is 35.1 Å². The SMILES string of the molecule is COc1cc(NC(=O)CCN2CCC(OC(=O)Nc3ccccc3-c3ccsc3)CC2)c(Cl)cc1CNC[C@H](O[Si](C)(C)C(C)(C)C)c1ccc(O)c2[nH]c(=O)ccc12. The van der Waals surface area contributed by atoms with Crippen LogP contribution in [0.3, 0.4) is 0 Å². The summed E-state index contributed by atoms with van der Waals surface area (Å²) in [7, 11) is -0.699. The van der Waals surface area contributed by atoms with Gasteiger partial charge in [0.15, 0.2) is 8.32 Å². The molecule has 0 radical (unpaired) electrons. The predicted octanol–water partition coefficient (Wildman–Crippen LogP) is 9.52.